The lowest BCUT2D eigenvalue weighted by Gasteiger charge is -2.23. The van der Waals surface area contributed by atoms with Gasteiger partial charge in [-0.25, -0.2) is 0 Å². The smallest absolute Gasteiger partial charge is 0.258 e. The van der Waals surface area contributed by atoms with E-state index in [1.165, 1.54) is 19.3 Å². The molecular weight excluding hydrogens is 360 g/mol. The summed E-state index contributed by atoms with van der Waals surface area (Å²) >= 11 is 3.37. The van der Waals surface area contributed by atoms with Gasteiger partial charge in [-0.2, -0.15) is 5.26 Å². The zero-order valence-electron chi connectivity index (χ0n) is 13.2. The van der Waals surface area contributed by atoms with Crippen LogP contribution in [0.4, 0.5) is 0 Å². The molecule has 1 aromatic carbocycles. The van der Waals surface area contributed by atoms with E-state index >= 15 is 0 Å². The molecule has 5 nitrogen and oxygen atoms in total. The zero-order chi connectivity index (χ0) is 16.7. The Balaban J connectivity index is 1.98. The van der Waals surface area contributed by atoms with Gasteiger partial charge < -0.3 is 14.8 Å². The van der Waals surface area contributed by atoms with E-state index in [-0.39, 0.29) is 18.6 Å². The first-order chi connectivity index (χ1) is 11.1. The molecule has 1 aliphatic carbocycles. The Bertz CT molecular complexity index is 592. The van der Waals surface area contributed by atoms with Crippen molar-refractivity contribution in [3.05, 3.63) is 22.2 Å². The summed E-state index contributed by atoms with van der Waals surface area (Å²) in [7, 11) is 0. The summed E-state index contributed by atoms with van der Waals surface area (Å²) in [6.45, 7) is 2.24. The molecule has 1 amide bonds. The molecule has 0 saturated heterocycles. The molecular formula is C17H21BrN2O3. The molecule has 0 unspecified atom stereocenters. The lowest BCUT2D eigenvalue weighted by atomic mass is 9.95. The third-order valence-electron chi connectivity index (χ3n) is 3.76. The average molecular weight is 381 g/mol. The lowest BCUT2D eigenvalue weighted by molar-refractivity contribution is -0.124. The van der Waals surface area contributed by atoms with Crippen molar-refractivity contribution >= 4 is 21.8 Å². The van der Waals surface area contributed by atoms with Crippen molar-refractivity contribution in [3.63, 3.8) is 0 Å². The van der Waals surface area contributed by atoms with Crippen LogP contribution in [0.3, 0.4) is 0 Å². The van der Waals surface area contributed by atoms with E-state index < -0.39 is 0 Å². The first-order valence-electron chi connectivity index (χ1n) is 7.92. The Hall–Kier alpha value is -1.74. The largest absolute Gasteiger partial charge is 0.490 e. The zero-order valence-corrected chi connectivity index (χ0v) is 14.8. The molecule has 0 heterocycles. The second-order valence-corrected chi connectivity index (χ2v) is 6.38. The maximum absolute atomic E-state index is 12.0. The number of nitrogens with zero attached hydrogens (tertiary/aromatic N) is 1. The highest BCUT2D eigenvalue weighted by molar-refractivity contribution is 9.10. The van der Waals surface area contributed by atoms with Crippen LogP contribution in [0.15, 0.2) is 16.6 Å². The van der Waals surface area contributed by atoms with Gasteiger partial charge in [0.25, 0.3) is 5.91 Å². The van der Waals surface area contributed by atoms with E-state index in [2.05, 4.69) is 27.3 Å². The molecule has 1 aliphatic rings. The maximum Gasteiger partial charge on any atom is 0.258 e. The number of amides is 1. The fraction of sp³-hybridized carbons (Fsp3) is 0.529. The summed E-state index contributed by atoms with van der Waals surface area (Å²) in [5.41, 5.74) is 0.472. The molecule has 0 aromatic heterocycles. The minimum atomic E-state index is -0.129. The molecule has 0 bridgehead atoms. The number of carbonyl (C=O) groups is 1. The number of halogens is 1. The number of hydrogen-bond donors (Lipinski definition) is 1. The van der Waals surface area contributed by atoms with Gasteiger partial charge in [-0.05, 0) is 41.8 Å². The summed E-state index contributed by atoms with van der Waals surface area (Å²) in [6.07, 6.45) is 5.66. The lowest BCUT2D eigenvalue weighted by Crippen LogP contribution is -2.39. The summed E-state index contributed by atoms with van der Waals surface area (Å²) in [5.74, 6) is 0.782. The van der Waals surface area contributed by atoms with Crippen LogP contribution < -0.4 is 14.8 Å². The minimum absolute atomic E-state index is 0.0684. The molecule has 0 aliphatic heterocycles. The molecule has 0 radical (unpaired) electrons. The first-order valence-corrected chi connectivity index (χ1v) is 8.72. The molecule has 6 heteroatoms. The standard InChI is InChI=1S/C17H21BrN2O3/c1-2-22-15-9-12(10-19)8-14(18)17(15)23-11-16(21)20-13-6-4-3-5-7-13/h8-9,13H,2-7,11H2,1H3,(H,20,21). The fourth-order valence-electron chi connectivity index (χ4n) is 2.69. The van der Waals surface area contributed by atoms with Gasteiger partial charge in [0.05, 0.1) is 22.7 Å². The van der Waals surface area contributed by atoms with Crippen molar-refractivity contribution < 1.29 is 14.3 Å². The minimum Gasteiger partial charge on any atom is -0.490 e. The van der Waals surface area contributed by atoms with E-state index in [9.17, 15) is 4.79 Å². The highest BCUT2D eigenvalue weighted by atomic mass is 79.9. The Kier molecular flexibility index (Phi) is 6.72. The van der Waals surface area contributed by atoms with Gasteiger partial charge >= 0.3 is 0 Å². The van der Waals surface area contributed by atoms with Gasteiger partial charge in [0, 0.05) is 12.1 Å². The van der Waals surface area contributed by atoms with Crippen molar-refractivity contribution in [1.29, 1.82) is 5.26 Å². The number of nitriles is 1. The number of nitrogens with one attached hydrogen (secondary N) is 1. The Labute approximate surface area is 145 Å². The van der Waals surface area contributed by atoms with Crippen molar-refractivity contribution in [2.45, 2.75) is 45.1 Å². The van der Waals surface area contributed by atoms with Crippen LogP contribution in [0.2, 0.25) is 0 Å². The second kappa shape index (κ2) is 8.78. The topological polar surface area (TPSA) is 71.3 Å². The van der Waals surface area contributed by atoms with Gasteiger partial charge in [-0.1, -0.05) is 19.3 Å². The molecule has 124 valence electrons. The van der Waals surface area contributed by atoms with Crippen molar-refractivity contribution in [2.75, 3.05) is 13.2 Å². The fourth-order valence-corrected chi connectivity index (χ4v) is 3.25. The van der Waals surface area contributed by atoms with E-state index in [1.54, 1.807) is 12.1 Å². The van der Waals surface area contributed by atoms with Crippen LogP contribution in [0.1, 0.15) is 44.6 Å². The van der Waals surface area contributed by atoms with Gasteiger partial charge in [-0.15, -0.1) is 0 Å². The van der Waals surface area contributed by atoms with Crippen LogP contribution in [-0.2, 0) is 4.79 Å². The summed E-state index contributed by atoms with van der Waals surface area (Å²) in [6, 6.07) is 5.59. The Morgan fingerprint density at radius 3 is 2.74 bits per heavy atom. The van der Waals surface area contributed by atoms with E-state index in [1.807, 2.05) is 6.92 Å². The van der Waals surface area contributed by atoms with Crippen LogP contribution in [0.25, 0.3) is 0 Å². The molecule has 1 aromatic rings. The second-order valence-electron chi connectivity index (χ2n) is 5.52. The third-order valence-corrected chi connectivity index (χ3v) is 4.35. The quantitative estimate of drug-likeness (QED) is 0.818. The first kappa shape index (κ1) is 17.6. The van der Waals surface area contributed by atoms with Crippen LogP contribution in [0, 0.1) is 11.3 Å². The number of carbonyl (C=O) groups excluding carboxylic acids is 1. The molecule has 23 heavy (non-hydrogen) atoms. The summed E-state index contributed by atoms with van der Waals surface area (Å²) in [5, 5.41) is 12.0. The SMILES string of the molecule is CCOc1cc(C#N)cc(Br)c1OCC(=O)NC1CCCCC1. The van der Waals surface area contributed by atoms with Crippen molar-refractivity contribution in [2.24, 2.45) is 0 Å². The van der Waals surface area contributed by atoms with Gasteiger partial charge in [0.15, 0.2) is 18.1 Å². The van der Waals surface area contributed by atoms with Gasteiger partial charge in [0.2, 0.25) is 0 Å². The number of hydrogen-bond acceptors (Lipinski definition) is 4. The Morgan fingerprint density at radius 2 is 2.09 bits per heavy atom. The molecule has 1 saturated carbocycles. The van der Waals surface area contributed by atoms with Crippen LogP contribution in [-0.4, -0.2) is 25.2 Å². The number of benzene rings is 1. The van der Waals surface area contributed by atoms with E-state index in [0.717, 1.165) is 12.8 Å². The summed E-state index contributed by atoms with van der Waals surface area (Å²) < 4.78 is 11.7. The summed E-state index contributed by atoms with van der Waals surface area (Å²) in [4.78, 5) is 12.0. The predicted molar refractivity (Wildman–Crippen MR) is 90.5 cm³/mol. The van der Waals surface area contributed by atoms with Crippen molar-refractivity contribution in [3.8, 4) is 17.6 Å². The number of rotatable bonds is 6. The highest BCUT2D eigenvalue weighted by Gasteiger charge is 2.18. The van der Waals surface area contributed by atoms with Crippen LogP contribution >= 0.6 is 15.9 Å². The molecule has 0 spiro atoms. The molecule has 0 atom stereocenters. The van der Waals surface area contributed by atoms with Gasteiger partial charge in [-0.3, -0.25) is 4.79 Å². The molecule has 1 N–H and O–H groups in total. The third kappa shape index (κ3) is 5.14. The monoisotopic (exact) mass is 380 g/mol. The maximum atomic E-state index is 12.0. The highest BCUT2D eigenvalue weighted by Crippen LogP contribution is 2.36. The van der Waals surface area contributed by atoms with Crippen molar-refractivity contribution in [1.82, 2.24) is 5.32 Å². The normalized spacial score (nSPS) is 14.8. The van der Waals surface area contributed by atoms with Crippen LogP contribution in [0.5, 0.6) is 11.5 Å². The number of ether oxygens (including phenoxy) is 2. The van der Waals surface area contributed by atoms with Gasteiger partial charge in [0.1, 0.15) is 0 Å². The Morgan fingerprint density at radius 1 is 1.35 bits per heavy atom. The van der Waals surface area contributed by atoms with E-state index in [4.69, 9.17) is 14.7 Å². The molecule has 2 rings (SSSR count). The average Bonchev–Trinajstić information content (AvgIpc) is 2.55. The predicted octanol–water partition coefficient (Wildman–Crippen LogP) is 3.55. The molecule has 1 fully saturated rings. The van der Waals surface area contributed by atoms with E-state index in [0.29, 0.717) is 28.1 Å².